The van der Waals surface area contributed by atoms with E-state index in [9.17, 15) is 13.2 Å². The Kier molecular flexibility index (Phi) is 7.72. The molecule has 1 heterocycles. The highest BCUT2D eigenvalue weighted by atomic mass is 19.4. The van der Waals surface area contributed by atoms with E-state index in [4.69, 9.17) is 0 Å². The molecule has 7 heteroatoms. The first-order chi connectivity index (χ1) is 15.3. The maximum absolute atomic E-state index is 13.6. The third-order valence-corrected chi connectivity index (χ3v) is 5.45. The zero-order valence-electron chi connectivity index (χ0n) is 18.6. The fourth-order valence-electron chi connectivity index (χ4n) is 3.30. The van der Waals surface area contributed by atoms with Crippen molar-refractivity contribution in [2.24, 2.45) is 0 Å². The Labute approximate surface area is 187 Å². The molecule has 0 bridgehead atoms. The van der Waals surface area contributed by atoms with E-state index in [1.807, 2.05) is 42.5 Å². The molecule has 0 aliphatic heterocycles. The van der Waals surface area contributed by atoms with Gasteiger partial charge in [-0.25, -0.2) is 4.98 Å². The van der Waals surface area contributed by atoms with Crippen molar-refractivity contribution in [3.05, 3.63) is 71.4 Å². The highest BCUT2D eigenvalue weighted by Crippen LogP contribution is 2.35. The molecule has 1 aromatic heterocycles. The minimum absolute atomic E-state index is 0.0971. The van der Waals surface area contributed by atoms with Crippen LogP contribution in [0.3, 0.4) is 0 Å². The second-order valence-electron chi connectivity index (χ2n) is 7.94. The van der Waals surface area contributed by atoms with E-state index in [-0.39, 0.29) is 11.8 Å². The topological polar surface area (TPSA) is 49.8 Å². The lowest BCUT2D eigenvalue weighted by Gasteiger charge is -2.16. The number of hydrogen-bond acceptors (Lipinski definition) is 4. The third-order valence-electron chi connectivity index (χ3n) is 5.45. The van der Waals surface area contributed by atoms with Crippen molar-refractivity contribution in [2.45, 2.75) is 58.5 Å². The fraction of sp³-hybridized carbons (Fsp3) is 0.360. The molecule has 3 aromatic rings. The molecule has 32 heavy (non-hydrogen) atoms. The van der Waals surface area contributed by atoms with Crippen molar-refractivity contribution in [3.63, 3.8) is 0 Å². The van der Waals surface area contributed by atoms with Gasteiger partial charge in [0.25, 0.3) is 0 Å². The first-order valence-corrected chi connectivity index (χ1v) is 11.0. The molecule has 4 nitrogen and oxygen atoms in total. The minimum Gasteiger partial charge on any atom is -0.340 e. The van der Waals surface area contributed by atoms with Crippen LogP contribution in [0.1, 0.15) is 62.6 Å². The van der Waals surface area contributed by atoms with Crippen molar-refractivity contribution < 1.29 is 13.2 Å². The van der Waals surface area contributed by atoms with E-state index in [2.05, 4.69) is 41.4 Å². The van der Waals surface area contributed by atoms with Crippen LogP contribution in [0.2, 0.25) is 0 Å². The summed E-state index contributed by atoms with van der Waals surface area (Å²) in [7, 11) is 0. The number of nitrogens with zero attached hydrogens (tertiary/aromatic N) is 2. The molecular weight excluding hydrogens is 413 g/mol. The summed E-state index contributed by atoms with van der Waals surface area (Å²) >= 11 is 0. The highest BCUT2D eigenvalue weighted by Gasteiger charge is 2.35. The molecule has 0 saturated heterocycles. The SMILES string of the molecule is CCCCc1ccc(Nc2ncc(C(F)(F)F)c(Nc3cccc(C(C)CC)c3)n2)cc1. The number of nitrogens with one attached hydrogen (secondary N) is 2. The quantitative estimate of drug-likeness (QED) is 0.354. The van der Waals surface area contributed by atoms with Crippen LogP contribution in [0.25, 0.3) is 0 Å². The standard InChI is InChI=1S/C25H29F3N4/c1-4-6-8-18-11-13-20(14-12-18)31-24-29-16-22(25(26,27)28)23(32-24)30-21-10-7-9-19(15-21)17(3)5-2/h7,9-17H,4-6,8H2,1-3H3,(H2,29,30,31,32). The van der Waals surface area contributed by atoms with Crippen LogP contribution in [0.5, 0.6) is 0 Å². The average Bonchev–Trinajstić information content (AvgIpc) is 2.77. The number of benzene rings is 2. The Balaban J connectivity index is 1.85. The summed E-state index contributed by atoms with van der Waals surface area (Å²) in [4.78, 5) is 8.03. The zero-order valence-corrected chi connectivity index (χ0v) is 18.6. The van der Waals surface area contributed by atoms with Gasteiger partial charge in [-0.15, -0.1) is 0 Å². The van der Waals surface area contributed by atoms with E-state index in [0.29, 0.717) is 11.6 Å². The van der Waals surface area contributed by atoms with Crippen molar-refractivity contribution >= 4 is 23.1 Å². The monoisotopic (exact) mass is 442 g/mol. The van der Waals surface area contributed by atoms with Gasteiger partial charge in [0.1, 0.15) is 11.4 Å². The molecule has 1 unspecified atom stereocenters. The summed E-state index contributed by atoms with van der Waals surface area (Å²) in [6.45, 7) is 6.30. The van der Waals surface area contributed by atoms with Crippen LogP contribution in [0.4, 0.5) is 36.3 Å². The molecule has 1 atom stereocenters. The van der Waals surface area contributed by atoms with Gasteiger partial charge in [-0.2, -0.15) is 18.2 Å². The average molecular weight is 443 g/mol. The Hall–Kier alpha value is -3.09. The lowest BCUT2D eigenvalue weighted by Crippen LogP contribution is -2.12. The lowest BCUT2D eigenvalue weighted by molar-refractivity contribution is -0.137. The fourth-order valence-corrected chi connectivity index (χ4v) is 3.30. The normalized spacial score (nSPS) is 12.4. The molecule has 0 amide bonds. The van der Waals surface area contributed by atoms with Gasteiger partial charge < -0.3 is 10.6 Å². The first kappa shape index (κ1) is 23.6. The van der Waals surface area contributed by atoms with Crippen LogP contribution in [-0.4, -0.2) is 9.97 Å². The Morgan fingerprint density at radius 3 is 2.38 bits per heavy atom. The van der Waals surface area contributed by atoms with Gasteiger partial charge in [0.15, 0.2) is 0 Å². The molecule has 0 fully saturated rings. The van der Waals surface area contributed by atoms with Crippen molar-refractivity contribution in [2.75, 3.05) is 10.6 Å². The second kappa shape index (κ2) is 10.5. The lowest BCUT2D eigenvalue weighted by atomic mass is 9.98. The Bertz CT molecular complexity index is 1020. The largest absolute Gasteiger partial charge is 0.421 e. The van der Waals surface area contributed by atoms with Crippen molar-refractivity contribution in [1.29, 1.82) is 0 Å². The summed E-state index contributed by atoms with van der Waals surface area (Å²) in [5, 5.41) is 5.85. The highest BCUT2D eigenvalue weighted by molar-refractivity contribution is 5.63. The molecule has 3 rings (SSSR count). The van der Waals surface area contributed by atoms with Gasteiger partial charge >= 0.3 is 6.18 Å². The first-order valence-electron chi connectivity index (χ1n) is 11.0. The minimum atomic E-state index is -4.57. The third kappa shape index (κ3) is 6.22. The Morgan fingerprint density at radius 2 is 1.72 bits per heavy atom. The number of unbranched alkanes of at least 4 members (excludes halogenated alkanes) is 1. The van der Waals surface area contributed by atoms with Gasteiger partial charge in [-0.05, 0) is 60.6 Å². The number of rotatable bonds is 9. The number of aromatic nitrogens is 2. The molecule has 0 saturated carbocycles. The van der Waals surface area contributed by atoms with Gasteiger partial charge in [0, 0.05) is 17.6 Å². The predicted octanol–water partition coefficient (Wildman–Crippen LogP) is 7.84. The summed E-state index contributed by atoms with van der Waals surface area (Å²) in [5.74, 6) is 0.123. The van der Waals surface area contributed by atoms with Crippen LogP contribution >= 0.6 is 0 Å². The van der Waals surface area contributed by atoms with Crippen LogP contribution < -0.4 is 10.6 Å². The number of alkyl halides is 3. The molecule has 0 aliphatic carbocycles. The van der Waals surface area contributed by atoms with Gasteiger partial charge in [0.05, 0.1) is 0 Å². The van der Waals surface area contributed by atoms with Crippen molar-refractivity contribution in [3.8, 4) is 0 Å². The van der Waals surface area contributed by atoms with Gasteiger partial charge in [0.2, 0.25) is 5.95 Å². The molecule has 170 valence electrons. The van der Waals surface area contributed by atoms with Crippen molar-refractivity contribution in [1.82, 2.24) is 9.97 Å². The molecule has 0 radical (unpaired) electrons. The van der Waals surface area contributed by atoms with E-state index in [1.165, 1.54) is 5.56 Å². The summed E-state index contributed by atoms with van der Waals surface area (Å²) < 4.78 is 40.7. The van der Waals surface area contributed by atoms with Crippen LogP contribution in [0.15, 0.2) is 54.7 Å². The molecule has 0 aliphatic rings. The zero-order chi connectivity index (χ0) is 23.1. The van der Waals surface area contributed by atoms with Crippen LogP contribution in [-0.2, 0) is 12.6 Å². The molecule has 0 spiro atoms. The van der Waals surface area contributed by atoms with E-state index >= 15 is 0 Å². The smallest absolute Gasteiger partial charge is 0.340 e. The summed E-state index contributed by atoms with van der Waals surface area (Å²) in [5.41, 5.74) is 2.63. The second-order valence-corrected chi connectivity index (χ2v) is 7.94. The number of anilines is 4. The van der Waals surface area contributed by atoms with E-state index in [1.54, 1.807) is 6.07 Å². The molecule has 2 aromatic carbocycles. The molecule has 2 N–H and O–H groups in total. The number of aryl methyl sites for hydroxylation is 1. The summed E-state index contributed by atoms with van der Waals surface area (Å²) in [6, 6.07) is 15.2. The summed E-state index contributed by atoms with van der Waals surface area (Å²) in [6.07, 6.45) is 0.410. The molecular formula is C25H29F3N4. The maximum atomic E-state index is 13.6. The number of hydrogen-bond donors (Lipinski definition) is 2. The predicted molar refractivity (Wildman–Crippen MR) is 124 cm³/mol. The van der Waals surface area contributed by atoms with Crippen LogP contribution in [0, 0.1) is 0 Å². The Morgan fingerprint density at radius 1 is 0.969 bits per heavy atom. The maximum Gasteiger partial charge on any atom is 0.421 e. The van der Waals surface area contributed by atoms with Gasteiger partial charge in [-0.1, -0.05) is 51.5 Å². The van der Waals surface area contributed by atoms with E-state index < -0.39 is 11.7 Å². The number of halogens is 3. The van der Waals surface area contributed by atoms with Gasteiger partial charge in [-0.3, -0.25) is 0 Å². The van der Waals surface area contributed by atoms with E-state index in [0.717, 1.165) is 43.1 Å².